The predicted octanol–water partition coefficient (Wildman–Crippen LogP) is 1.25. The van der Waals surface area contributed by atoms with E-state index in [4.69, 9.17) is 16.3 Å². The van der Waals surface area contributed by atoms with E-state index in [0.717, 1.165) is 39.0 Å². The van der Waals surface area contributed by atoms with Gasteiger partial charge in [0, 0.05) is 25.6 Å². The molecule has 0 saturated carbocycles. The number of halogens is 1. The minimum atomic E-state index is -0.163. The van der Waals surface area contributed by atoms with Crippen LogP contribution in [0.2, 0.25) is 0 Å². The molecule has 80 valence electrons. The molecule has 3 nitrogen and oxygen atoms in total. The highest BCUT2D eigenvalue weighted by Gasteiger charge is 2.32. The van der Waals surface area contributed by atoms with Crippen LogP contribution in [0.25, 0.3) is 0 Å². The molecule has 14 heavy (non-hydrogen) atoms. The summed E-state index contributed by atoms with van der Waals surface area (Å²) >= 11 is 5.77. The van der Waals surface area contributed by atoms with Crippen LogP contribution >= 0.6 is 11.6 Å². The second kappa shape index (κ2) is 4.49. The zero-order valence-corrected chi connectivity index (χ0v) is 9.00. The van der Waals surface area contributed by atoms with Gasteiger partial charge in [0.2, 0.25) is 0 Å². The van der Waals surface area contributed by atoms with Gasteiger partial charge >= 0.3 is 0 Å². The third kappa shape index (κ3) is 2.04. The third-order valence-electron chi connectivity index (χ3n) is 3.02. The van der Waals surface area contributed by atoms with Crippen molar-refractivity contribution >= 4 is 17.5 Å². The number of carbonyl (C=O) groups is 1. The van der Waals surface area contributed by atoms with Crippen LogP contribution in [-0.4, -0.2) is 42.5 Å². The smallest absolute Gasteiger partial charge is 0.251 e. The van der Waals surface area contributed by atoms with Gasteiger partial charge in [0.05, 0.1) is 0 Å². The topological polar surface area (TPSA) is 29.5 Å². The van der Waals surface area contributed by atoms with Crippen LogP contribution < -0.4 is 0 Å². The molecule has 0 bridgehead atoms. The van der Waals surface area contributed by atoms with Gasteiger partial charge in [-0.3, -0.25) is 4.79 Å². The molecule has 4 heteroatoms. The van der Waals surface area contributed by atoms with Gasteiger partial charge in [-0.05, 0) is 25.2 Å². The molecule has 2 unspecified atom stereocenters. The minimum Gasteiger partial charge on any atom is -0.368 e. The lowest BCUT2D eigenvalue weighted by atomic mass is 10.2. The van der Waals surface area contributed by atoms with E-state index in [1.54, 1.807) is 0 Å². The number of rotatable bonds is 2. The van der Waals surface area contributed by atoms with E-state index in [9.17, 15) is 4.79 Å². The van der Waals surface area contributed by atoms with E-state index in [2.05, 4.69) is 0 Å². The summed E-state index contributed by atoms with van der Waals surface area (Å²) in [5.41, 5.74) is 0. The average Bonchev–Trinajstić information content (AvgIpc) is 2.88. The lowest BCUT2D eigenvalue weighted by Gasteiger charge is -2.19. The van der Waals surface area contributed by atoms with Crippen molar-refractivity contribution in [1.82, 2.24) is 4.90 Å². The van der Waals surface area contributed by atoms with Gasteiger partial charge in [-0.25, -0.2) is 0 Å². The Morgan fingerprint density at radius 1 is 1.50 bits per heavy atom. The number of nitrogens with zero attached hydrogens (tertiary/aromatic N) is 1. The highest BCUT2D eigenvalue weighted by Crippen LogP contribution is 2.21. The summed E-state index contributed by atoms with van der Waals surface area (Å²) in [5.74, 6) is 1.33. The molecule has 0 aromatic heterocycles. The van der Waals surface area contributed by atoms with E-state index in [-0.39, 0.29) is 12.0 Å². The number of carbonyl (C=O) groups excluding carboxylic acids is 1. The maximum Gasteiger partial charge on any atom is 0.251 e. The molecule has 0 aromatic rings. The van der Waals surface area contributed by atoms with Crippen LogP contribution in [0.1, 0.15) is 19.3 Å². The molecule has 2 fully saturated rings. The Hall–Kier alpha value is -0.280. The number of likely N-dealkylation sites (tertiary alicyclic amines) is 1. The first-order valence-corrected chi connectivity index (χ1v) is 5.81. The fraction of sp³-hybridized carbons (Fsp3) is 0.900. The third-order valence-corrected chi connectivity index (χ3v) is 3.46. The van der Waals surface area contributed by atoms with E-state index >= 15 is 0 Å². The maximum absolute atomic E-state index is 11.9. The first-order chi connectivity index (χ1) is 6.81. The van der Waals surface area contributed by atoms with Gasteiger partial charge in [0.25, 0.3) is 5.91 Å². The molecule has 2 saturated heterocycles. The highest BCUT2D eigenvalue weighted by molar-refractivity contribution is 6.18. The SMILES string of the molecule is O=C(C1CCCO1)N1CCC(CCl)C1. The van der Waals surface area contributed by atoms with Crippen LogP contribution in [0.4, 0.5) is 0 Å². The second-order valence-corrected chi connectivity index (χ2v) is 4.40. The summed E-state index contributed by atoms with van der Waals surface area (Å²) < 4.78 is 5.37. The predicted molar refractivity (Wildman–Crippen MR) is 54.4 cm³/mol. The molecule has 1 amide bonds. The van der Waals surface area contributed by atoms with Gasteiger partial charge < -0.3 is 9.64 Å². The fourth-order valence-electron chi connectivity index (χ4n) is 2.13. The summed E-state index contributed by atoms with van der Waals surface area (Å²) in [5, 5.41) is 0. The standard InChI is InChI=1S/C10H16ClNO2/c11-6-8-3-4-12(7-8)10(13)9-2-1-5-14-9/h8-9H,1-7H2. The van der Waals surface area contributed by atoms with E-state index in [1.165, 1.54) is 0 Å². The maximum atomic E-state index is 11.9. The average molecular weight is 218 g/mol. The van der Waals surface area contributed by atoms with E-state index in [0.29, 0.717) is 11.8 Å². The zero-order valence-electron chi connectivity index (χ0n) is 8.25. The summed E-state index contributed by atoms with van der Waals surface area (Å²) in [4.78, 5) is 13.8. The van der Waals surface area contributed by atoms with Gasteiger partial charge in [-0.15, -0.1) is 11.6 Å². The summed E-state index contributed by atoms with van der Waals surface area (Å²) in [6, 6.07) is 0. The quantitative estimate of drug-likeness (QED) is 0.652. The lowest BCUT2D eigenvalue weighted by molar-refractivity contribution is -0.139. The summed E-state index contributed by atoms with van der Waals surface area (Å²) in [6.07, 6.45) is 2.79. The van der Waals surface area contributed by atoms with Gasteiger partial charge in [-0.2, -0.15) is 0 Å². The van der Waals surface area contributed by atoms with Crippen molar-refractivity contribution in [2.24, 2.45) is 5.92 Å². The Morgan fingerprint density at radius 3 is 2.93 bits per heavy atom. The van der Waals surface area contributed by atoms with Crippen LogP contribution in [0.5, 0.6) is 0 Å². The Morgan fingerprint density at radius 2 is 2.36 bits per heavy atom. The monoisotopic (exact) mass is 217 g/mol. The Labute approximate surface area is 89.4 Å². The molecule has 2 aliphatic heterocycles. The molecular weight excluding hydrogens is 202 g/mol. The molecule has 2 atom stereocenters. The molecule has 0 aromatic carbocycles. The minimum absolute atomic E-state index is 0.163. The van der Waals surface area contributed by atoms with Gasteiger partial charge in [0.15, 0.2) is 0 Å². The van der Waals surface area contributed by atoms with Crippen molar-refractivity contribution in [1.29, 1.82) is 0 Å². The molecule has 0 radical (unpaired) electrons. The van der Waals surface area contributed by atoms with Crippen molar-refractivity contribution in [3.63, 3.8) is 0 Å². The van der Waals surface area contributed by atoms with Crippen LogP contribution in [0.15, 0.2) is 0 Å². The van der Waals surface area contributed by atoms with Gasteiger partial charge in [-0.1, -0.05) is 0 Å². The number of alkyl halides is 1. The number of hydrogen-bond acceptors (Lipinski definition) is 2. The normalized spacial score (nSPS) is 32.5. The van der Waals surface area contributed by atoms with Crippen molar-refractivity contribution < 1.29 is 9.53 Å². The first kappa shape index (κ1) is 10.2. The zero-order chi connectivity index (χ0) is 9.97. The summed E-state index contributed by atoms with van der Waals surface area (Å²) in [7, 11) is 0. The molecule has 2 heterocycles. The number of ether oxygens (including phenoxy) is 1. The number of hydrogen-bond donors (Lipinski definition) is 0. The van der Waals surface area contributed by atoms with E-state index in [1.807, 2.05) is 4.90 Å². The highest BCUT2D eigenvalue weighted by atomic mass is 35.5. The molecular formula is C10H16ClNO2. The van der Waals surface area contributed by atoms with Crippen LogP contribution in [0, 0.1) is 5.92 Å². The van der Waals surface area contributed by atoms with Crippen LogP contribution in [-0.2, 0) is 9.53 Å². The lowest BCUT2D eigenvalue weighted by Crippen LogP contribution is -2.37. The second-order valence-electron chi connectivity index (χ2n) is 4.09. The molecule has 2 aliphatic rings. The molecule has 0 aliphatic carbocycles. The van der Waals surface area contributed by atoms with Crippen molar-refractivity contribution in [2.75, 3.05) is 25.6 Å². The number of amides is 1. The van der Waals surface area contributed by atoms with Crippen molar-refractivity contribution in [3.05, 3.63) is 0 Å². The Bertz CT molecular complexity index is 216. The van der Waals surface area contributed by atoms with Crippen molar-refractivity contribution in [3.8, 4) is 0 Å². The molecule has 0 N–H and O–H groups in total. The first-order valence-electron chi connectivity index (χ1n) is 5.27. The molecule has 2 rings (SSSR count). The Kier molecular flexibility index (Phi) is 3.29. The summed E-state index contributed by atoms with van der Waals surface area (Å²) in [6.45, 7) is 2.42. The Balaban J connectivity index is 1.86. The largest absolute Gasteiger partial charge is 0.368 e. The van der Waals surface area contributed by atoms with Crippen molar-refractivity contribution in [2.45, 2.75) is 25.4 Å². The van der Waals surface area contributed by atoms with Crippen LogP contribution in [0.3, 0.4) is 0 Å². The van der Waals surface area contributed by atoms with Gasteiger partial charge in [0.1, 0.15) is 6.10 Å². The fourth-order valence-corrected chi connectivity index (χ4v) is 2.39. The molecule has 0 spiro atoms. The van der Waals surface area contributed by atoms with E-state index < -0.39 is 0 Å².